The number of nitrogens with zero attached hydrogens (tertiary/aromatic N) is 1. The summed E-state index contributed by atoms with van der Waals surface area (Å²) >= 11 is 3.08. The zero-order chi connectivity index (χ0) is 28.6. The summed E-state index contributed by atoms with van der Waals surface area (Å²) in [7, 11) is 0. The third kappa shape index (κ3) is 7.55. The molecule has 0 radical (unpaired) electrons. The molecule has 0 spiro atoms. The number of benzene rings is 1. The summed E-state index contributed by atoms with van der Waals surface area (Å²) in [6.07, 6.45) is -1.42. The maximum atomic E-state index is 14.0. The number of hydrogen-bond donors (Lipinski definition) is 2. The van der Waals surface area contributed by atoms with Crippen LogP contribution in [0.4, 0.5) is 4.79 Å². The molecule has 0 bridgehead atoms. The van der Waals surface area contributed by atoms with E-state index in [4.69, 9.17) is 14.2 Å². The molecule has 10 nitrogen and oxygen atoms in total. The maximum Gasteiger partial charge on any atom is 0.509 e. The highest BCUT2D eigenvalue weighted by Crippen LogP contribution is 2.37. The van der Waals surface area contributed by atoms with E-state index in [9.17, 15) is 24.3 Å². The van der Waals surface area contributed by atoms with Gasteiger partial charge in [-0.1, -0.05) is 36.4 Å². The van der Waals surface area contributed by atoms with E-state index in [2.05, 4.69) is 5.32 Å². The number of aliphatic carboxylic acids is 1. The molecule has 1 aromatic carbocycles. The van der Waals surface area contributed by atoms with E-state index in [1.807, 2.05) is 47.8 Å². The van der Waals surface area contributed by atoms with Crippen LogP contribution in [0.5, 0.6) is 0 Å². The van der Waals surface area contributed by atoms with Crippen LogP contribution in [-0.4, -0.2) is 83.2 Å². The molecule has 6 atom stereocenters. The number of carboxylic acids is 1. The van der Waals surface area contributed by atoms with Gasteiger partial charge >= 0.3 is 18.1 Å². The first-order valence-corrected chi connectivity index (χ1v) is 15.2. The molecule has 4 rings (SSSR count). The molecule has 0 aliphatic carbocycles. The van der Waals surface area contributed by atoms with Crippen molar-refractivity contribution in [1.29, 1.82) is 0 Å². The van der Waals surface area contributed by atoms with Crippen LogP contribution in [-0.2, 0) is 35.0 Å². The first-order valence-electron chi connectivity index (χ1n) is 13.3. The minimum Gasteiger partial charge on any atom is -0.480 e. The van der Waals surface area contributed by atoms with Crippen molar-refractivity contribution < 1.29 is 38.5 Å². The zero-order valence-corrected chi connectivity index (χ0v) is 24.0. The number of cyclic esters (lactones) is 2. The third-order valence-electron chi connectivity index (χ3n) is 6.98. The fourth-order valence-corrected chi connectivity index (χ4v) is 7.10. The standard InChI is InChI=1S/C28H34N2O8S2/c1-3-36-27(34)19(12-11-18-8-5-4-6-9-18)29-20-16-40-24(23-10-7-13-39-23)15-30(25(20)31)21(26(32)33)14-22-17(2)37-28(35)38-22/h4-10,13,17,19-22,24,29H,3,11-12,14-16H2,1-2H3,(H,32,33). The highest BCUT2D eigenvalue weighted by Gasteiger charge is 2.44. The number of amides is 1. The molecule has 6 unspecified atom stereocenters. The SMILES string of the molecule is CCOC(=O)C(CCc1ccccc1)NC1CSC(c2cccs2)CN(C(CC2OC(=O)OC2C)C(=O)O)C1=O. The summed E-state index contributed by atoms with van der Waals surface area (Å²) in [6.45, 7) is 3.71. The van der Waals surface area contributed by atoms with Crippen molar-refractivity contribution in [3.63, 3.8) is 0 Å². The summed E-state index contributed by atoms with van der Waals surface area (Å²) < 4.78 is 15.5. The largest absolute Gasteiger partial charge is 0.509 e. The highest BCUT2D eigenvalue weighted by molar-refractivity contribution is 7.99. The molecule has 2 aromatic rings. The Morgan fingerprint density at radius 1 is 1.18 bits per heavy atom. The van der Waals surface area contributed by atoms with E-state index < -0.39 is 54.3 Å². The number of rotatable bonds is 12. The van der Waals surface area contributed by atoms with E-state index in [1.165, 1.54) is 16.2 Å². The van der Waals surface area contributed by atoms with Gasteiger partial charge in [0, 0.05) is 23.6 Å². The number of thioether (sulfide) groups is 1. The third-order valence-corrected chi connectivity index (χ3v) is 9.44. The summed E-state index contributed by atoms with van der Waals surface area (Å²) in [4.78, 5) is 53.5. The van der Waals surface area contributed by atoms with Gasteiger partial charge in [0.25, 0.3) is 0 Å². The number of carbonyl (C=O) groups excluding carboxylic acids is 3. The molecule has 2 aliphatic rings. The Morgan fingerprint density at radius 2 is 1.95 bits per heavy atom. The number of carbonyl (C=O) groups is 4. The molecule has 0 saturated carbocycles. The van der Waals surface area contributed by atoms with Gasteiger partial charge in [-0.25, -0.2) is 9.59 Å². The molecule has 1 amide bonds. The van der Waals surface area contributed by atoms with E-state index in [1.54, 1.807) is 25.6 Å². The number of thiophene rings is 1. The molecular weight excluding hydrogens is 556 g/mol. The number of nitrogens with one attached hydrogen (secondary N) is 1. The summed E-state index contributed by atoms with van der Waals surface area (Å²) in [5.74, 6) is -1.75. The smallest absolute Gasteiger partial charge is 0.480 e. The van der Waals surface area contributed by atoms with Crippen LogP contribution in [0.3, 0.4) is 0 Å². The van der Waals surface area contributed by atoms with Gasteiger partial charge in [-0.05, 0) is 43.7 Å². The Balaban J connectivity index is 1.58. The molecule has 2 N–H and O–H groups in total. The Bertz CT molecular complexity index is 1160. The van der Waals surface area contributed by atoms with Gasteiger partial charge in [-0.2, -0.15) is 0 Å². The Morgan fingerprint density at radius 3 is 2.58 bits per heavy atom. The van der Waals surface area contributed by atoms with Crippen LogP contribution in [0.25, 0.3) is 0 Å². The van der Waals surface area contributed by atoms with Crippen molar-refractivity contribution in [2.45, 2.75) is 68.7 Å². The number of hydrogen-bond acceptors (Lipinski definition) is 10. The predicted molar refractivity (Wildman–Crippen MR) is 150 cm³/mol. The Kier molecular flexibility index (Phi) is 10.5. The van der Waals surface area contributed by atoms with E-state index in [-0.39, 0.29) is 24.8 Å². The quantitative estimate of drug-likeness (QED) is 0.353. The minimum absolute atomic E-state index is 0.113. The molecule has 1 aromatic heterocycles. The minimum atomic E-state index is -1.26. The molecule has 2 aliphatic heterocycles. The second-order valence-electron chi connectivity index (χ2n) is 9.70. The van der Waals surface area contributed by atoms with Crippen molar-refractivity contribution in [2.24, 2.45) is 0 Å². The van der Waals surface area contributed by atoms with Crippen molar-refractivity contribution in [2.75, 3.05) is 18.9 Å². The van der Waals surface area contributed by atoms with Crippen LogP contribution in [0.1, 0.15) is 42.4 Å². The van der Waals surface area contributed by atoms with Crippen LogP contribution in [0, 0.1) is 0 Å². The second-order valence-corrected chi connectivity index (χ2v) is 11.9. The molecule has 40 heavy (non-hydrogen) atoms. The second kappa shape index (κ2) is 14.0. The first-order chi connectivity index (χ1) is 19.3. The lowest BCUT2D eigenvalue weighted by molar-refractivity contribution is -0.153. The molecule has 3 heterocycles. The highest BCUT2D eigenvalue weighted by atomic mass is 32.2. The lowest BCUT2D eigenvalue weighted by Crippen LogP contribution is -2.57. The molecule has 2 saturated heterocycles. The molecule has 2 fully saturated rings. The van der Waals surface area contributed by atoms with Gasteiger partial charge in [0.1, 0.15) is 24.3 Å². The van der Waals surface area contributed by atoms with Gasteiger partial charge in [0.15, 0.2) is 0 Å². The van der Waals surface area contributed by atoms with Gasteiger partial charge in [0.2, 0.25) is 5.91 Å². The van der Waals surface area contributed by atoms with Crippen LogP contribution < -0.4 is 5.32 Å². The van der Waals surface area contributed by atoms with Gasteiger partial charge in [-0.15, -0.1) is 23.1 Å². The van der Waals surface area contributed by atoms with Gasteiger partial charge in [-0.3, -0.25) is 14.9 Å². The molecule has 12 heteroatoms. The number of carboxylic acid groups (broad SMARTS) is 1. The predicted octanol–water partition coefficient (Wildman–Crippen LogP) is 3.65. The number of ether oxygens (including phenoxy) is 3. The Labute approximate surface area is 241 Å². The van der Waals surface area contributed by atoms with Crippen LogP contribution in [0.2, 0.25) is 0 Å². The van der Waals surface area contributed by atoms with Crippen LogP contribution >= 0.6 is 23.1 Å². The maximum absolute atomic E-state index is 14.0. The monoisotopic (exact) mass is 590 g/mol. The van der Waals surface area contributed by atoms with Crippen molar-refractivity contribution in [1.82, 2.24) is 10.2 Å². The normalized spacial score (nSPS) is 24.5. The van der Waals surface area contributed by atoms with Gasteiger partial charge < -0.3 is 24.2 Å². The summed E-state index contributed by atoms with van der Waals surface area (Å²) in [6, 6.07) is 10.7. The lowest BCUT2D eigenvalue weighted by atomic mass is 10.0. The first kappa shape index (κ1) is 29.9. The van der Waals surface area contributed by atoms with Crippen molar-refractivity contribution >= 4 is 47.1 Å². The molecule has 216 valence electrons. The van der Waals surface area contributed by atoms with Crippen LogP contribution in [0.15, 0.2) is 47.8 Å². The fourth-order valence-electron chi connectivity index (χ4n) is 4.86. The number of aryl methyl sites for hydroxylation is 1. The zero-order valence-electron chi connectivity index (χ0n) is 22.4. The van der Waals surface area contributed by atoms with E-state index in [0.29, 0.717) is 18.6 Å². The Hall–Kier alpha value is -3.09. The van der Waals surface area contributed by atoms with Gasteiger partial charge in [0.05, 0.1) is 17.9 Å². The average Bonchev–Trinajstić information content (AvgIpc) is 3.54. The van der Waals surface area contributed by atoms with Crippen molar-refractivity contribution in [3.05, 3.63) is 58.3 Å². The van der Waals surface area contributed by atoms with E-state index in [0.717, 1.165) is 10.4 Å². The molecular formula is C28H34N2O8S2. The summed E-state index contributed by atoms with van der Waals surface area (Å²) in [5.41, 5.74) is 1.05. The van der Waals surface area contributed by atoms with E-state index >= 15 is 0 Å². The number of esters is 1. The summed E-state index contributed by atoms with van der Waals surface area (Å²) in [5, 5.41) is 15.2. The lowest BCUT2D eigenvalue weighted by Gasteiger charge is -2.33. The average molecular weight is 591 g/mol. The fraction of sp³-hybridized carbons (Fsp3) is 0.500. The van der Waals surface area contributed by atoms with Crippen molar-refractivity contribution in [3.8, 4) is 0 Å². The topological polar surface area (TPSA) is 131 Å².